The smallest absolute Gasteiger partial charge is 0.242 e. The zero-order chi connectivity index (χ0) is 19.1. The van der Waals surface area contributed by atoms with E-state index in [2.05, 4.69) is 17.1 Å². The molecule has 0 aromatic heterocycles. The Kier molecular flexibility index (Phi) is 7.07. The summed E-state index contributed by atoms with van der Waals surface area (Å²) < 4.78 is 0. The van der Waals surface area contributed by atoms with Gasteiger partial charge in [-0.15, -0.1) is 5.10 Å². The number of unbranched alkanes of at least 4 members (excludes halogenated alkanes) is 1. The summed E-state index contributed by atoms with van der Waals surface area (Å²) >= 11 is 7.41. The Balaban J connectivity index is 1.77. The fraction of sp³-hybridized carbons (Fsp3) is 0.286. The van der Waals surface area contributed by atoms with Crippen LogP contribution < -0.4 is 0 Å². The molecule has 1 amide bonds. The molecule has 1 saturated heterocycles. The molecular weight excluding hydrogens is 378 g/mol. The van der Waals surface area contributed by atoms with Crippen molar-refractivity contribution in [3.05, 3.63) is 70.7 Å². The standard InChI is InChI=1S/C21H22ClN3OS/c1-2-3-9-19-20(26)25(15-17-7-5-4-6-8-17)21(27-19)24-23-14-16-10-12-18(22)13-11-16/h4-8,10-14,19H,2-3,9,15H2,1H3/b23-14+,24-21+. The zero-order valence-corrected chi connectivity index (χ0v) is 16.8. The van der Waals surface area contributed by atoms with Crippen LogP contribution in [0.4, 0.5) is 0 Å². The number of thioether (sulfide) groups is 1. The molecular formula is C21H22ClN3OS. The van der Waals surface area contributed by atoms with Crippen LogP contribution >= 0.6 is 23.4 Å². The topological polar surface area (TPSA) is 45.0 Å². The quantitative estimate of drug-likeness (QED) is 0.464. The summed E-state index contributed by atoms with van der Waals surface area (Å²) in [6, 6.07) is 17.4. The molecule has 0 N–H and O–H groups in total. The molecule has 3 rings (SSSR count). The first-order valence-electron chi connectivity index (χ1n) is 9.06. The monoisotopic (exact) mass is 399 g/mol. The third-order valence-corrected chi connectivity index (χ3v) is 5.73. The third kappa shape index (κ3) is 5.44. The number of carbonyl (C=O) groups excluding carboxylic acids is 1. The summed E-state index contributed by atoms with van der Waals surface area (Å²) in [7, 11) is 0. The van der Waals surface area contributed by atoms with Crippen molar-refractivity contribution in [3.8, 4) is 0 Å². The summed E-state index contributed by atoms with van der Waals surface area (Å²) in [6.07, 6.45) is 4.65. The van der Waals surface area contributed by atoms with Gasteiger partial charge in [0.05, 0.1) is 18.0 Å². The lowest BCUT2D eigenvalue weighted by atomic mass is 10.1. The molecule has 0 aliphatic carbocycles. The lowest BCUT2D eigenvalue weighted by Crippen LogP contribution is -2.31. The van der Waals surface area contributed by atoms with E-state index in [1.54, 1.807) is 11.1 Å². The highest BCUT2D eigenvalue weighted by Gasteiger charge is 2.37. The fourth-order valence-electron chi connectivity index (χ4n) is 2.76. The number of halogens is 1. The predicted molar refractivity (Wildman–Crippen MR) is 114 cm³/mol. The molecule has 2 aromatic carbocycles. The van der Waals surface area contributed by atoms with Crippen LogP contribution in [0.2, 0.25) is 5.02 Å². The van der Waals surface area contributed by atoms with Crippen LogP contribution in [-0.2, 0) is 11.3 Å². The Morgan fingerprint density at radius 2 is 1.89 bits per heavy atom. The third-order valence-electron chi connectivity index (χ3n) is 4.24. The number of hydrogen-bond acceptors (Lipinski definition) is 4. The van der Waals surface area contributed by atoms with Gasteiger partial charge in [0.15, 0.2) is 5.17 Å². The van der Waals surface area contributed by atoms with Gasteiger partial charge in [0, 0.05) is 5.02 Å². The van der Waals surface area contributed by atoms with Crippen molar-refractivity contribution in [2.75, 3.05) is 0 Å². The Morgan fingerprint density at radius 1 is 1.15 bits per heavy atom. The molecule has 0 bridgehead atoms. The van der Waals surface area contributed by atoms with Crippen molar-refractivity contribution in [1.29, 1.82) is 0 Å². The van der Waals surface area contributed by atoms with Gasteiger partial charge in [-0.25, -0.2) is 0 Å². The second-order valence-electron chi connectivity index (χ2n) is 6.34. The fourth-order valence-corrected chi connectivity index (χ4v) is 4.03. The molecule has 0 spiro atoms. The van der Waals surface area contributed by atoms with E-state index in [4.69, 9.17) is 11.6 Å². The highest BCUT2D eigenvalue weighted by Crippen LogP contribution is 2.32. The van der Waals surface area contributed by atoms with Crippen molar-refractivity contribution in [1.82, 2.24) is 4.90 Å². The zero-order valence-electron chi connectivity index (χ0n) is 15.2. The summed E-state index contributed by atoms with van der Waals surface area (Å²) in [5.74, 6) is 0.123. The average Bonchev–Trinajstić information content (AvgIpc) is 2.98. The molecule has 1 heterocycles. The van der Waals surface area contributed by atoms with Gasteiger partial charge in [-0.2, -0.15) is 5.10 Å². The summed E-state index contributed by atoms with van der Waals surface area (Å²) in [5, 5.41) is 9.82. The molecule has 2 aromatic rings. The summed E-state index contributed by atoms with van der Waals surface area (Å²) in [6.45, 7) is 2.65. The maximum absolute atomic E-state index is 12.9. The van der Waals surface area contributed by atoms with Crippen molar-refractivity contribution in [3.63, 3.8) is 0 Å². The Hall–Kier alpha value is -2.11. The first-order valence-corrected chi connectivity index (χ1v) is 10.3. The minimum absolute atomic E-state index is 0.0712. The number of nitrogens with zero attached hydrogens (tertiary/aromatic N) is 3. The van der Waals surface area contributed by atoms with E-state index >= 15 is 0 Å². The van der Waals surface area contributed by atoms with Crippen LogP contribution in [0.15, 0.2) is 64.8 Å². The van der Waals surface area contributed by atoms with E-state index in [1.165, 1.54) is 11.8 Å². The number of amidine groups is 1. The van der Waals surface area contributed by atoms with E-state index in [0.29, 0.717) is 16.7 Å². The number of amides is 1. The van der Waals surface area contributed by atoms with Crippen LogP contribution in [0.5, 0.6) is 0 Å². The molecule has 1 atom stereocenters. The summed E-state index contributed by atoms with van der Waals surface area (Å²) in [4.78, 5) is 14.6. The molecule has 1 aliphatic rings. The van der Waals surface area contributed by atoms with Gasteiger partial charge in [0.25, 0.3) is 0 Å². The van der Waals surface area contributed by atoms with Crippen molar-refractivity contribution in [2.45, 2.75) is 38.0 Å². The largest absolute Gasteiger partial charge is 0.284 e. The maximum Gasteiger partial charge on any atom is 0.242 e. The number of benzene rings is 2. The molecule has 4 nitrogen and oxygen atoms in total. The molecule has 1 aliphatic heterocycles. The molecule has 6 heteroatoms. The molecule has 0 radical (unpaired) electrons. The van der Waals surface area contributed by atoms with Gasteiger partial charge in [0.1, 0.15) is 0 Å². The number of rotatable bonds is 7. The lowest BCUT2D eigenvalue weighted by molar-refractivity contribution is -0.126. The van der Waals surface area contributed by atoms with Gasteiger partial charge in [0.2, 0.25) is 5.91 Å². The molecule has 1 fully saturated rings. The van der Waals surface area contributed by atoms with Crippen LogP contribution in [0.25, 0.3) is 0 Å². The SMILES string of the molecule is CCCCC1S/C(=N/N=C/c2ccc(Cl)cc2)N(Cc2ccccc2)C1=O. The minimum atomic E-state index is -0.0712. The van der Waals surface area contributed by atoms with Gasteiger partial charge in [-0.3, -0.25) is 9.69 Å². The lowest BCUT2D eigenvalue weighted by Gasteiger charge is -2.15. The van der Waals surface area contributed by atoms with Crippen LogP contribution in [0.1, 0.15) is 37.3 Å². The minimum Gasteiger partial charge on any atom is -0.284 e. The van der Waals surface area contributed by atoms with Crippen LogP contribution in [0, 0.1) is 0 Å². The van der Waals surface area contributed by atoms with Crippen molar-refractivity contribution in [2.24, 2.45) is 10.2 Å². The molecule has 0 saturated carbocycles. The molecule has 27 heavy (non-hydrogen) atoms. The van der Waals surface area contributed by atoms with Gasteiger partial charge in [-0.05, 0) is 29.7 Å². The van der Waals surface area contributed by atoms with Gasteiger partial charge < -0.3 is 0 Å². The van der Waals surface area contributed by atoms with Gasteiger partial charge >= 0.3 is 0 Å². The number of hydrogen-bond donors (Lipinski definition) is 0. The highest BCUT2D eigenvalue weighted by atomic mass is 35.5. The first-order chi connectivity index (χ1) is 13.2. The molecule has 140 valence electrons. The van der Waals surface area contributed by atoms with Gasteiger partial charge in [-0.1, -0.05) is 85.6 Å². The van der Waals surface area contributed by atoms with E-state index in [0.717, 1.165) is 30.4 Å². The normalized spacial score (nSPS) is 18.7. The van der Waals surface area contributed by atoms with Crippen molar-refractivity contribution < 1.29 is 4.79 Å². The Morgan fingerprint density at radius 3 is 2.59 bits per heavy atom. The maximum atomic E-state index is 12.9. The summed E-state index contributed by atoms with van der Waals surface area (Å²) in [5.41, 5.74) is 1.99. The van der Waals surface area contributed by atoms with Crippen LogP contribution in [0.3, 0.4) is 0 Å². The average molecular weight is 400 g/mol. The van der Waals surface area contributed by atoms with E-state index in [1.807, 2.05) is 54.6 Å². The van der Waals surface area contributed by atoms with E-state index < -0.39 is 0 Å². The predicted octanol–water partition coefficient (Wildman–Crippen LogP) is 5.36. The Bertz CT molecular complexity index is 821. The van der Waals surface area contributed by atoms with Crippen LogP contribution in [-0.4, -0.2) is 27.4 Å². The first kappa shape index (κ1) is 19.6. The number of carbonyl (C=O) groups is 1. The van der Waals surface area contributed by atoms with Crippen molar-refractivity contribution >= 4 is 40.7 Å². The second kappa shape index (κ2) is 9.72. The Labute approximate surface area is 169 Å². The van der Waals surface area contributed by atoms with E-state index in [9.17, 15) is 4.79 Å². The molecule has 1 unspecified atom stereocenters. The second-order valence-corrected chi connectivity index (χ2v) is 7.94. The van der Waals surface area contributed by atoms with E-state index in [-0.39, 0.29) is 11.2 Å². The highest BCUT2D eigenvalue weighted by molar-refractivity contribution is 8.15.